The Balaban J connectivity index is 2.14. The first-order valence-corrected chi connectivity index (χ1v) is 6.71. The van der Waals surface area contributed by atoms with Gasteiger partial charge in [0.05, 0.1) is 5.02 Å². The lowest BCUT2D eigenvalue weighted by Crippen LogP contribution is -2.01. The average Bonchev–Trinajstić information content (AvgIpc) is 2.40. The summed E-state index contributed by atoms with van der Waals surface area (Å²) in [6.07, 6.45) is 2.77. The molecule has 0 aliphatic carbocycles. The van der Waals surface area contributed by atoms with Crippen molar-refractivity contribution in [3.05, 3.63) is 47.1 Å². The van der Waals surface area contributed by atoms with Gasteiger partial charge in [-0.25, -0.2) is 4.98 Å². The van der Waals surface area contributed by atoms with E-state index in [0.29, 0.717) is 10.8 Å². The number of aromatic nitrogens is 1. The molecule has 0 fully saturated rings. The number of ether oxygens (including phenoxy) is 1. The van der Waals surface area contributed by atoms with Crippen LogP contribution in [-0.2, 0) is 0 Å². The maximum absolute atomic E-state index is 6.15. The predicted octanol–water partition coefficient (Wildman–Crippen LogP) is 4.66. The van der Waals surface area contributed by atoms with Crippen LogP contribution >= 0.6 is 11.6 Å². The van der Waals surface area contributed by atoms with Gasteiger partial charge in [-0.2, -0.15) is 0 Å². The van der Waals surface area contributed by atoms with Crippen LogP contribution in [0.5, 0.6) is 11.5 Å². The molecule has 1 N–H and O–H groups in total. The fourth-order valence-electron chi connectivity index (χ4n) is 1.64. The van der Waals surface area contributed by atoms with Crippen molar-refractivity contribution in [1.29, 1.82) is 0 Å². The Morgan fingerprint density at radius 3 is 2.84 bits per heavy atom. The van der Waals surface area contributed by atoms with Crippen LogP contribution in [0.4, 0.5) is 5.82 Å². The third kappa shape index (κ3) is 3.86. The summed E-state index contributed by atoms with van der Waals surface area (Å²) in [7, 11) is 0. The lowest BCUT2D eigenvalue weighted by Gasteiger charge is -2.10. The second-order valence-corrected chi connectivity index (χ2v) is 4.75. The van der Waals surface area contributed by atoms with Gasteiger partial charge < -0.3 is 10.1 Å². The van der Waals surface area contributed by atoms with Crippen LogP contribution in [0, 0.1) is 6.92 Å². The number of pyridine rings is 1. The number of halogens is 1. The summed E-state index contributed by atoms with van der Waals surface area (Å²) in [5.41, 5.74) is 1.11. The Labute approximate surface area is 118 Å². The fourth-order valence-corrected chi connectivity index (χ4v) is 1.91. The van der Waals surface area contributed by atoms with E-state index in [1.54, 1.807) is 6.20 Å². The van der Waals surface area contributed by atoms with Crippen LogP contribution in [0.15, 0.2) is 36.5 Å². The Bertz CT molecular complexity index is 558. The largest absolute Gasteiger partial charge is 0.456 e. The minimum Gasteiger partial charge on any atom is -0.456 e. The lowest BCUT2D eigenvalue weighted by atomic mass is 10.2. The fraction of sp³-hybridized carbons (Fsp3) is 0.267. The molecule has 4 heteroatoms. The zero-order chi connectivity index (χ0) is 13.7. The zero-order valence-corrected chi connectivity index (χ0v) is 11.9. The second kappa shape index (κ2) is 6.43. The highest BCUT2D eigenvalue weighted by molar-refractivity contribution is 6.32. The van der Waals surface area contributed by atoms with E-state index < -0.39 is 0 Å². The van der Waals surface area contributed by atoms with Gasteiger partial charge in [-0.05, 0) is 37.1 Å². The Morgan fingerprint density at radius 2 is 2.11 bits per heavy atom. The van der Waals surface area contributed by atoms with E-state index in [4.69, 9.17) is 16.3 Å². The van der Waals surface area contributed by atoms with Gasteiger partial charge in [-0.15, -0.1) is 0 Å². The molecule has 1 aromatic heterocycles. The number of benzene rings is 1. The van der Waals surface area contributed by atoms with Crippen molar-refractivity contribution in [3.8, 4) is 11.5 Å². The first kappa shape index (κ1) is 13.7. The van der Waals surface area contributed by atoms with Crippen molar-refractivity contribution < 1.29 is 4.74 Å². The number of nitrogens with one attached hydrogen (secondary N) is 1. The Morgan fingerprint density at radius 1 is 1.26 bits per heavy atom. The molecule has 0 atom stereocenters. The number of aryl methyl sites for hydroxylation is 1. The van der Waals surface area contributed by atoms with Gasteiger partial charge in [0.2, 0.25) is 0 Å². The summed E-state index contributed by atoms with van der Waals surface area (Å²) >= 11 is 6.15. The number of anilines is 1. The molecule has 0 saturated heterocycles. The normalized spacial score (nSPS) is 10.3. The Kier molecular flexibility index (Phi) is 4.63. The number of rotatable bonds is 5. The van der Waals surface area contributed by atoms with Crippen molar-refractivity contribution in [1.82, 2.24) is 4.98 Å². The van der Waals surface area contributed by atoms with Gasteiger partial charge in [0, 0.05) is 18.8 Å². The van der Waals surface area contributed by atoms with E-state index in [1.165, 1.54) is 0 Å². The molecule has 100 valence electrons. The lowest BCUT2D eigenvalue weighted by molar-refractivity contribution is 0.482. The number of hydrogen-bond donors (Lipinski definition) is 1. The van der Waals surface area contributed by atoms with Crippen molar-refractivity contribution >= 4 is 17.4 Å². The van der Waals surface area contributed by atoms with Gasteiger partial charge >= 0.3 is 0 Å². The summed E-state index contributed by atoms with van der Waals surface area (Å²) in [5.74, 6) is 2.18. The smallest absolute Gasteiger partial charge is 0.146 e. The molecule has 2 rings (SSSR count). The Hall–Kier alpha value is -1.74. The molecular formula is C15H17ClN2O. The molecule has 0 aliphatic heterocycles. The molecule has 19 heavy (non-hydrogen) atoms. The van der Waals surface area contributed by atoms with E-state index in [1.807, 2.05) is 37.3 Å². The minimum absolute atomic E-state index is 0.611. The number of nitrogens with zero attached hydrogens (tertiary/aromatic N) is 1. The van der Waals surface area contributed by atoms with Crippen LogP contribution in [-0.4, -0.2) is 11.5 Å². The second-order valence-electron chi connectivity index (χ2n) is 4.34. The highest BCUT2D eigenvalue weighted by Crippen LogP contribution is 2.30. The van der Waals surface area contributed by atoms with E-state index in [2.05, 4.69) is 17.2 Å². The molecule has 3 nitrogen and oxygen atoms in total. The first-order chi connectivity index (χ1) is 9.19. The molecule has 1 aromatic carbocycles. The van der Waals surface area contributed by atoms with E-state index in [-0.39, 0.29) is 0 Å². The highest BCUT2D eigenvalue weighted by atomic mass is 35.5. The van der Waals surface area contributed by atoms with Gasteiger partial charge in [0.1, 0.15) is 17.3 Å². The van der Waals surface area contributed by atoms with Crippen LogP contribution in [0.25, 0.3) is 0 Å². The summed E-state index contributed by atoms with van der Waals surface area (Å²) in [5, 5.41) is 3.83. The van der Waals surface area contributed by atoms with E-state index in [9.17, 15) is 0 Å². The molecule has 0 unspecified atom stereocenters. The topological polar surface area (TPSA) is 34.1 Å². The quantitative estimate of drug-likeness (QED) is 0.862. The molecule has 0 bridgehead atoms. The van der Waals surface area contributed by atoms with Crippen LogP contribution in [0.1, 0.15) is 18.9 Å². The van der Waals surface area contributed by atoms with Crippen molar-refractivity contribution in [2.45, 2.75) is 20.3 Å². The SMILES string of the molecule is CCCNc1cc(Oc2ccc(C)cc2Cl)ccn1. The molecule has 0 spiro atoms. The van der Waals surface area contributed by atoms with Crippen molar-refractivity contribution in [2.75, 3.05) is 11.9 Å². The van der Waals surface area contributed by atoms with Gasteiger partial charge in [-0.3, -0.25) is 0 Å². The summed E-state index contributed by atoms with van der Waals surface area (Å²) in [4.78, 5) is 4.23. The third-order valence-electron chi connectivity index (χ3n) is 2.60. The molecule has 0 aliphatic rings. The molecular weight excluding hydrogens is 260 g/mol. The predicted molar refractivity (Wildman–Crippen MR) is 79.3 cm³/mol. The zero-order valence-electron chi connectivity index (χ0n) is 11.1. The van der Waals surface area contributed by atoms with E-state index >= 15 is 0 Å². The third-order valence-corrected chi connectivity index (χ3v) is 2.90. The average molecular weight is 277 g/mol. The summed E-state index contributed by atoms with van der Waals surface area (Å²) in [6, 6.07) is 9.41. The monoisotopic (exact) mass is 276 g/mol. The minimum atomic E-state index is 0.611. The van der Waals surface area contributed by atoms with Crippen LogP contribution < -0.4 is 10.1 Å². The van der Waals surface area contributed by atoms with Gasteiger partial charge in [0.15, 0.2) is 0 Å². The molecule has 1 heterocycles. The van der Waals surface area contributed by atoms with Crippen LogP contribution in [0.2, 0.25) is 5.02 Å². The standard InChI is InChI=1S/C15H17ClN2O/c1-3-7-17-15-10-12(6-8-18-15)19-14-5-4-11(2)9-13(14)16/h4-6,8-10H,3,7H2,1-2H3,(H,17,18). The number of hydrogen-bond acceptors (Lipinski definition) is 3. The van der Waals surface area contributed by atoms with Crippen molar-refractivity contribution in [2.24, 2.45) is 0 Å². The molecule has 2 aromatic rings. The molecule has 0 radical (unpaired) electrons. The summed E-state index contributed by atoms with van der Waals surface area (Å²) < 4.78 is 5.77. The van der Waals surface area contributed by atoms with Gasteiger partial charge in [0.25, 0.3) is 0 Å². The maximum atomic E-state index is 6.15. The first-order valence-electron chi connectivity index (χ1n) is 6.33. The summed E-state index contributed by atoms with van der Waals surface area (Å²) in [6.45, 7) is 5.00. The van der Waals surface area contributed by atoms with Crippen LogP contribution in [0.3, 0.4) is 0 Å². The van der Waals surface area contributed by atoms with Gasteiger partial charge in [-0.1, -0.05) is 24.6 Å². The van der Waals surface area contributed by atoms with E-state index in [0.717, 1.165) is 30.1 Å². The molecule has 0 amide bonds. The maximum Gasteiger partial charge on any atom is 0.146 e. The highest BCUT2D eigenvalue weighted by Gasteiger charge is 2.04. The van der Waals surface area contributed by atoms with Crippen molar-refractivity contribution in [3.63, 3.8) is 0 Å². The molecule has 0 saturated carbocycles.